The minimum Gasteiger partial charge on any atom is -0.465 e. The van der Waals surface area contributed by atoms with Crippen molar-refractivity contribution in [2.45, 2.75) is 19.4 Å². The van der Waals surface area contributed by atoms with Crippen molar-refractivity contribution in [2.24, 2.45) is 0 Å². The SMILES string of the molecule is COC(=O)c1cc(NC(=O)c2ccc(CN3CCCC3=O)cc2)cc(C(=O)OC)c1. The van der Waals surface area contributed by atoms with Gasteiger partial charge < -0.3 is 19.7 Å². The van der Waals surface area contributed by atoms with E-state index >= 15 is 0 Å². The molecule has 156 valence electrons. The van der Waals surface area contributed by atoms with Gasteiger partial charge in [0.15, 0.2) is 0 Å². The second kappa shape index (κ2) is 9.21. The summed E-state index contributed by atoms with van der Waals surface area (Å²) in [4.78, 5) is 49.9. The summed E-state index contributed by atoms with van der Waals surface area (Å²) in [6, 6.07) is 11.1. The van der Waals surface area contributed by atoms with Gasteiger partial charge in [-0.1, -0.05) is 12.1 Å². The maximum Gasteiger partial charge on any atom is 0.337 e. The van der Waals surface area contributed by atoms with Gasteiger partial charge in [-0.05, 0) is 42.3 Å². The van der Waals surface area contributed by atoms with Crippen LogP contribution in [0.2, 0.25) is 0 Å². The number of ether oxygens (including phenoxy) is 2. The Kier molecular flexibility index (Phi) is 6.46. The zero-order chi connectivity index (χ0) is 21.7. The Morgan fingerprint density at radius 1 is 0.933 bits per heavy atom. The van der Waals surface area contributed by atoms with Gasteiger partial charge in [-0.3, -0.25) is 9.59 Å². The van der Waals surface area contributed by atoms with Crippen molar-refractivity contribution in [3.8, 4) is 0 Å². The van der Waals surface area contributed by atoms with E-state index in [1.54, 1.807) is 29.2 Å². The molecule has 0 atom stereocenters. The fraction of sp³-hybridized carbons (Fsp3) is 0.273. The molecule has 0 aromatic heterocycles. The zero-order valence-corrected chi connectivity index (χ0v) is 16.8. The summed E-state index contributed by atoms with van der Waals surface area (Å²) in [6.07, 6.45) is 1.45. The van der Waals surface area contributed by atoms with E-state index in [1.165, 1.54) is 32.4 Å². The molecule has 8 nitrogen and oxygen atoms in total. The van der Waals surface area contributed by atoms with E-state index in [2.05, 4.69) is 5.32 Å². The first-order valence-corrected chi connectivity index (χ1v) is 9.41. The third kappa shape index (κ3) is 4.83. The van der Waals surface area contributed by atoms with E-state index < -0.39 is 17.8 Å². The number of amides is 2. The molecule has 2 aromatic carbocycles. The molecule has 1 saturated heterocycles. The Morgan fingerprint density at radius 3 is 2.03 bits per heavy atom. The molecule has 30 heavy (non-hydrogen) atoms. The van der Waals surface area contributed by atoms with Gasteiger partial charge in [0.05, 0.1) is 25.3 Å². The van der Waals surface area contributed by atoms with E-state index in [1.807, 2.05) is 0 Å². The summed E-state index contributed by atoms with van der Waals surface area (Å²) < 4.78 is 9.39. The number of nitrogens with zero attached hydrogens (tertiary/aromatic N) is 1. The topological polar surface area (TPSA) is 102 Å². The van der Waals surface area contributed by atoms with Crippen LogP contribution >= 0.6 is 0 Å². The van der Waals surface area contributed by atoms with Crippen LogP contribution in [-0.4, -0.2) is 49.4 Å². The summed E-state index contributed by atoms with van der Waals surface area (Å²) >= 11 is 0. The Bertz CT molecular complexity index is 949. The average molecular weight is 410 g/mol. The quantitative estimate of drug-likeness (QED) is 0.735. The molecule has 0 unspecified atom stereocenters. The smallest absolute Gasteiger partial charge is 0.337 e. The highest BCUT2D eigenvalue weighted by molar-refractivity contribution is 6.06. The molecule has 0 spiro atoms. The van der Waals surface area contributed by atoms with Crippen molar-refractivity contribution in [3.63, 3.8) is 0 Å². The Morgan fingerprint density at radius 2 is 1.53 bits per heavy atom. The van der Waals surface area contributed by atoms with Crippen molar-refractivity contribution in [2.75, 3.05) is 26.1 Å². The molecule has 2 aromatic rings. The van der Waals surface area contributed by atoms with Crippen LogP contribution in [0.5, 0.6) is 0 Å². The third-order valence-electron chi connectivity index (χ3n) is 4.79. The average Bonchev–Trinajstić information content (AvgIpc) is 3.17. The van der Waals surface area contributed by atoms with Crippen LogP contribution < -0.4 is 5.32 Å². The minimum absolute atomic E-state index is 0.112. The number of likely N-dealkylation sites (tertiary alicyclic amines) is 1. The predicted molar refractivity (Wildman–Crippen MR) is 108 cm³/mol. The van der Waals surface area contributed by atoms with Crippen LogP contribution in [-0.2, 0) is 20.8 Å². The van der Waals surface area contributed by atoms with Crippen molar-refractivity contribution < 1.29 is 28.7 Å². The van der Waals surface area contributed by atoms with Gasteiger partial charge >= 0.3 is 11.9 Å². The summed E-state index contributed by atoms with van der Waals surface area (Å²) in [7, 11) is 2.45. The lowest BCUT2D eigenvalue weighted by Gasteiger charge is -2.15. The van der Waals surface area contributed by atoms with Crippen molar-refractivity contribution >= 4 is 29.4 Å². The monoisotopic (exact) mass is 410 g/mol. The number of carbonyl (C=O) groups excluding carboxylic acids is 4. The highest BCUT2D eigenvalue weighted by Gasteiger charge is 2.20. The largest absolute Gasteiger partial charge is 0.465 e. The summed E-state index contributed by atoms with van der Waals surface area (Å²) in [5.74, 6) is -1.55. The van der Waals surface area contributed by atoms with Gasteiger partial charge in [-0.25, -0.2) is 9.59 Å². The fourth-order valence-electron chi connectivity index (χ4n) is 3.23. The highest BCUT2D eigenvalue weighted by Crippen LogP contribution is 2.19. The van der Waals surface area contributed by atoms with E-state index in [-0.39, 0.29) is 22.7 Å². The number of hydrogen-bond acceptors (Lipinski definition) is 6. The van der Waals surface area contributed by atoms with Crippen molar-refractivity contribution in [1.82, 2.24) is 4.90 Å². The number of esters is 2. The van der Waals surface area contributed by atoms with Gasteiger partial charge in [0.2, 0.25) is 5.91 Å². The first-order valence-electron chi connectivity index (χ1n) is 9.41. The number of rotatable bonds is 6. The first-order chi connectivity index (χ1) is 14.4. The lowest BCUT2D eigenvalue weighted by Crippen LogP contribution is -2.23. The molecule has 0 bridgehead atoms. The van der Waals surface area contributed by atoms with E-state index in [4.69, 9.17) is 9.47 Å². The van der Waals surface area contributed by atoms with Crippen LogP contribution in [0.15, 0.2) is 42.5 Å². The fourth-order valence-corrected chi connectivity index (χ4v) is 3.23. The number of methoxy groups -OCH3 is 2. The Labute approximate surface area is 173 Å². The lowest BCUT2D eigenvalue weighted by atomic mass is 10.1. The lowest BCUT2D eigenvalue weighted by molar-refractivity contribution is -0.128. The maximum atomic E-state index is 12.6. The van der Waals surface area contributed by atoms with E-state index in [9.17, 15) is 19.2 Å². The number of hydrogen-bond donors (Lipinski definition) is 1. The molecule has 0 radical (unpaired) electrons. The molecule has 1 aliphatic rings. The van der Waals surface area contributed by atoms with E-state index in [0.717, 1.165) is 18.5 Å². The molecule has 0 saturated carbocycles. The number of nitrogens with one attached hydrogen (secondary N) is 1. The summed E-state index contributed by atoms with van der Waals surface area (Å²) in [6.45, 7) is 1.27. The standard InChI is InChI=1S/C22H22N2O6/c1-29-21(27)16-10-17(22(28)30-2)12-18(11-16)23-20(26)15-7-5-14(6-8-15)13-24-9-3-4-19(24)25/h5-8,10-12H,3-4,9,13H2,1-2H3,(H,23,26). The number of anilines is 1. The normalized spacial score (nSPS) is 13.1. The molecule has 1 N–H and O–H groups in total. The molecular formula is C22H22N2O6. The van der Waals surface area contributed by atoms with Crippen LogP contribution in [0.3, 0.4) is 0 Å². The second-order valence-corrected chi connectivity index (χ2v) is 6.85. The van der Waals surface area contributed by atoms with Crippen LogP contribution in [0.4, 0.5) is 5.69 Å². The van der Waals surface area contributed by atoms with Crippen molar-refractivity contribution in [3.05, 3.63) is 64.7 Å². The Balaban J connectivity index is 1.75. The molecular weight excluding hydrogens is 388 g/mol. The molecule has 2 amide bonds. The third-order valence-corrected chi connectivity index (χ3v) is 4.79. The highest BCUT2D eigenvalue weighted by atomic mass is 16.5. The summed E-state index contributed by atoms with van der Waals surface area (Å²) in [5.41, 5.74) is 1.81. The van der Waals surface area contributed by atoms with E-state index in [0.29, 0.717) is 18.5 Å². The molecule has 1 heterocycles. The molecule has 0 aliphatic carbocycles. The van der Waals surface area contributed by atoms with Gasteiger partial charge in [-0.15, -0.1) is 0 Å². The second-order valence-electron chi connectivity index (χ2n) is 6.85. The van der Waals surface area contributed by atoms with Gasteiger partial charge in [0.1, 0.15) is 0 Å². The Hall–Kier alpha value is -3.68. The van der Waals surface area contributed by atoms with Gasteiger partial charge in [-0.2, -0.15) is 0 Å². The van der Waals surface area contributed by atoms with Crippen molar-refractivity contribution in [1.29, 1.82) is 0 Å². The van der Waals surface area contributed by atoms with Crippen LogP contribution in [0.25, 0.3) is 0 Å². The number of carbonyl (C=O) groups is 4. The number of benzene rings is 2. The van der Waals surface area contributed by atoms with Crippen LogP contribution in [0, 0.1) is 0 Å². The van der Waals surface area contributed by atoms with Gasteiger partial charge in [0.25, 0.3) is 5.91 Å². The first kappa shape index (κ1) is 21.0. The predicted octanol–water partition coefficient (Wildman–Crippen LogP) is 2.63. The summed E-state index contributed by atoms with van der Waals surface area (Å²) in [5, 5.41) is 2.68. The van der Waals surface area contributed by atoms with Gasteiger partial charge in [0, 0.05) is 30.8 Å². The molecule has 3 rings (SSSR count). The minimum atomic E-state index is -0.642. The van der Waals surface area contributed by atoms with Crippen LogP contribution in [0.1, 0.15) is 49.5 Å². The maximum absolute atomic E-state index is 12.6. The molecule has 1 fully saturated rings. The molecule has 8 heteroatoms. The molecule has 1 aliphatic heterocycles. The zero-order valence-electron chi connectivity index (χ0n) is 16.8.